The largest absolute Gasteiger partial charge is 0.289 e. The fraction of sp³-hybridized carbons (Fsp3) is 0.222. The van der Waals surface area contributed by atoms with Crippen molar-refractivity contribution in [3.63, 3.8) is 0 Å². The summed E-state index contributed by atoms with van der Waals surface area (Å²) >= 11 is 0. The minimum atomic E-state index is -0.177. The monoisotopic (exact) mass is 307 g/mol. The molecule has 0 radical (unpaired) electrons. The van der Waals surface area contributed by atoms with Crippen molar-refractivity contribution in [2.45, 2.75) is 13.8 Å². The van der Waals surface area contributed by atoms with E-state index in [2.05, 4.69) is 10.3 Å². The Hall–Kier alpha value is -2.82. The second-order valence-corrected chi connectivity index (χ2v) is 5.23. The van der Waals surface area contributed by atoms with Crippen LogP contribution in [-0.4, -0.2) is 29.7 Å². The van der Waals surface area contributed by atoms with E-state index < -0.39 is 0 Å². The Morgan fingerprint density at radius 2 is 1.43 bits per heavy atom. The molecular weight excluding hydrogens is 290 g/mol. The topological polar surface area (TPSA) is 62.1 Å². The van der Waals surface area contributed by atoms with Crippen LogP contribution < -0.4 is 0 Å². The molecule has 0 spiro atoms. The molecule has 0 N–H and O–H groups in total. The van der Waals surface area contributed by atoms with Crippen LogP contribution in [-0.2, 0) is 0 Å². The summed E-state index contributed by atoms with van der Waals surface area (Å²) in [6.07, 6.45) is 0. The maximum Gasteiger partial charge on any atom is 0.196 e. The molecule has 1 aliphatic rings. The summed E-state index contributed by atoms with van der Waals surface area (Å²) in [5, 5.41) is 10.1. The SMILES string of the molecule is CCN(CC)N=Nc1cccc2c1C(=O)c1ccccc1C2=O. The second kappa shape index (κ2) is 6.12. The molecule has 0 fully saturated rings. The van der Waals surface area contributed by atoms with Crippen LogP contribution in [0.1, 0.15) is 45.7 Å². The normalized spacial score (nSPS) is 13.1. The molecule has 2 aromatic carbocycles. The van der Waals surface area contributed by atoms with E-state index in [0.717, 1.165) is 13.1 Å². The molecule has 1 aliphatic carbocycles. The highest BCUT2D eigenvalue weighted by molar-refractivity contribution is 6.29. The molecule has 0 saturated carbocycles. The van der Waals surface area contributed by atoms with Gasteiger partial charge in [-0.25, -0.2) is 0 Å². The number of ketones is 2. The Bertz CT molecular complexity index is 808. The summed E-state index contributed by atoms with van der Waals surface area (Å²) in [4.78, 5) is 25.4. The van der Waals surface area contributed by atoms with Crippen molar-refractivity contribution < 1.29 is 9.59 Å². The van der Waals surface area contributed by atoms with Crippen molar-refractivity contribution >= 4 is 17.3 Å². The van der Waals surface area contributed by atoms with Crippen LogP contribution in [0.3, 0.4) is 0 Å². The van der Waals surface area contributed by atoms with E-state index in [1.165, 1.54) is 0 Å². The van der Waals surface area contributed by atoms with Crippen molar-refractivity contribution in [1.82, 2.24) is 5.01 Å². The van der Waals surface area contributed by atoms with Gasteiger partial charge >= 0.3 is 0 Å². The summed E-state index contributed by atoms with van der Waals surface area (Å²) in [5.41, 5.74) is 2.04. The molecule has 0 bridgehead atoms. The molecular formula is C18H17N3O2. The standard InChI is InChI=1S/C18H17N3O2/c1-3-21(4-2)20-19-15-11-7-10-14-16(15)18(23)13-9-6-5-8-12(13)17(14)22/h5-11H,3-4H2,1-2H3. The van der Waals surface area contributed by atoms with Crippen molar-refractivity contribution in [2.75, 3.05) is 13.1 Å². The number of nitrogens with zero attached hydrogens (tertiary/aromatic N) is 3. The van der Waals surface area contributed by atoms with E-state index in [4.69, 9.17) is 0 Å². The smallest absolute Gasteiger partial charge is 0.196 e. The lowest BCUT2D eigenvalue weighted by Gasteiger charge is -2.18. The number of rotatable bonds is 4. The number of fused-ring (bicyclic) bond motifs is 2. The van der Waals surface area contributed by atoms with Crippen molar-refractivity contribution in [3.8, 4) is 0 Å². The third kappa shape index (κ3) is 2.54. The summed E-state index contributed by atoms with van der Waals surface area (Å²) in [6, 6.07) is 12.0. The van der Waals surface area contributed by atoms with Crippen molar-refractivity contribution in [1.29, 1.82) is 0 Å². The lowest BCUT2D eigenvalue weighted by atomic mass is 9.83. The molecule has 0 saturated heterocycles. The first-order valence-electron chi connectivity index (χ1n) is 7.65. The average Bonchev–Trinajstić information content (AvgIpc) is 2.60. The molecule has 116 valence electrons. The van der Waals surface area contributed by atoms with Crippen LogP contribution in [0, 0.1) is 0 Å². The highest BCUT2D eigenvalue weighted by Gasteiger charge is 2.31. The van der Waals surface area contributed by atoms with Gasteiger partial charge in [0.05, 0.1) is 11.3 Å². The van der Waals surface area contributed by atoms with Gasteiger partial charge < -0.3 is 0 Å². The van der Waals surface area contributed by atoms with Crippen LogP contribution in [0.15, 0.2) is 52.8 Å². The van der Waals surface area contributed by atoms with Gasteiger partial charge in [-0.3, -0.25) is 14.6 Å². The summed E-state index contributed by atoms with van der Waals surface area (Å²) < 4.78 is 0. The lowest BCUT2D eigenvalue weighted by Crippen LogP contribution is -2.21. The first kappa shape index (κ1) is 15.1. The number of hydrogen-bond acceptors (Lipinski definition) is 4. The minimum absolute atomic E-state index is 0.143. The van der Waals surface area contributed by atoms with E-state index in [0.29, 0.717) is 27.9 Å². The van der Waals surface area contributed by atoms with Crippen LogP contribution in [0.2, 0.25) is 0 Å². The second-order valence-electron chi connectivity index (χ2n) is 5.23. The molecule has 0 aliphatic heterocycles. The van der Waals surface area contributed by atoms with Gasteiger partial charge in [0, 0.05) is 29.8 Å². The third-order valence-corrected chi connectivity index (χ3v) is 3.94. The molecule has 5 nitrogen and oxygen atoms in total. The third-order valence-electron chi connectivity index (χ3n) is 3.94. The Labute approximate surface area is 134 Å². The highest BCUT2D eigenvalue weighted by atomic mass is 16.1. The van der Waals surface area contributed by atoms with Crippen LogP contribution >= 0.6 is 0 Å². The van der Waals surface area contributed by atoms with Gasteiger partial charge in [0.1, 0.15) is 0 Å². The molecule has 0 aromatic heterocycles. The van der Waals surface area contributed by atoms with E-state index in [9.17, 15) is 9.59 Å². The van der Waals surface area contributed by atoms with Crippen LogP contribution in [0.25, 0.3) is 0 Å². The quantitative estimate of drug-likeness (QED) is 0.544. The Balaban J connectivity index is 2.11. The van der Waals surface area contributed by atoms with Gasteiger partial charge in [-0.05, 0) is 19.9 Å². The van der Waals surface area contributed by atoms with Gasteiger partial charge in [0.2, 0.25) is 0 Å². The van der Waals surface area contributed by atoms with E-state index >= 15 is 0 Å². The summed E-state index contributed by atoms with van der Waals surface area (Å²) in [5.74, 6) is -0.320. The zero-order valence-corrected chi connectivity index (χ0v) is 13.1. The molecule has 3 rings (SSSR count). The zero-order chi connectivity index (χ0) is 16.4. The molecule has 2 aromatic rings. The number of hydrogen-bond donors (Lipinski definition) is 0. The summed E-state index contributed by atoms with van der Waals surface area (Å²) in [6.45, 7) is 5.41. The molecule has 0 amide bonds. The minimum Gasteiger partial charge on any atom is -0.289 e. The predicted molar refractivity (Wildman–Crippen MR) is 87.2 cm³/mol. The maximum absolute atomic E-state index is 12.8. The number of carbonyl (C=O) groups excluding carboxylic acids is 2. The molecule has 0 atom stereocenters. The predicted octanol–water partition coefficient (Wildman–Crippen LogP) is 3.80. The van der Waals surface area contributed by atoms with E-state index in [1.54, 1.807) is 47.5 Å². The number of benzene rings is 2. The van der Waals surface area contributed by atoms with Gasteiger partial charge in [0.15, 0.2) is 11.6 Å². The van der Waals surface area contributed by atoms with Crippen LogP contribution in [0.5, 0.6) is 0 Å². The van der Waals surface area contributed by atoms with E-state index in [-0.39, 0.29) is 11.6 Å². The van der Waals surface area contributed by atoms with Crippen molar-refractivity contribution in [2.24, 2.45) is 10.3 Å². The fourth-order valence-corrected chi connectivity index (χ4v) is 2.67. The first-order chi connectivity index (χ1) is 11.2. The molecule has 0 unspecified atom stereocenters. The van der Waals surface area contributed by atoms with Gasteiger partial charge in [-0.1, -0.05) is 41.6 Å². The Morgan fingerprint density at radius 3 is 2.09 bits per heavy atom. The maximum atomic E-state index is 12.8. The summed E-state index contributed by atoms with van der Waals surface area (Å²) in [7, 11) is 0. The Morgan fingerprint density at radius 1 is 0.826 bits per heavy atom. The van der Waals surface area contributed by atoms with Crippen molar-refractivity contribution in [3.05, 3.63) is 64.7 Å². The average molecular weight is 307 g/mol. The van der Waals surface area contributed by atoms with E-state index in [1.807, 2.05) is 13.8 Å². The molecule has 0 heterocycles. The van der Waals surface area contributed by atoms with Gasteiger partial charge in [-0.2, -0.15) is 0 Å². The van der Waals surface area contributed by atoms with Crippen LogP contribution in [0.4, 0.5) is 5.69 Å². The Kier molecular flexibility index (Phi) is 4.02. The molecule has 5 heteroatoms. The number of carbonyl (C=O) groups is 2. The lowest BCUT2D eigenvalue weighted by molar-refractivity contribution is 0.0979. The van der Waals surface area contributed by atoms with Gasteiger partial charge in [0.25, 0.3) is 0 Å². The highest BCUT2D eigenvalue weighted by Crippen LogP contribution is 2.33. The first-order valence-corrected chi connectivity index (χ1v) is 7.65. The molecule has 23 heavy (non-hydrogen) atoms. The zero-order valence-electron chi connectivity index (χ0n) is 13.1. The fourth-order valence-electron chi connectivity index (χ4n) is 2.67. The van der Waals surface area contributed by atoms with Gasteiger partial charge in [-0.15, -0.1) is 5.11 Å².